The smallest absolute Gasteiger partial charge is 0.373 e. The number of esters is 1. The van der Waals surface area contributed by atoms with Crippen molar-refractivity contribution in [3.05, 3.63) is 87.2 Å². The van der Waals surface area contributed by atoms with Crippen molar-refractivity contribution >= 4 is 103 Å². The molecule has 3 aromatic rings. The van der Waals surface area contributed by atoms with Crippen LogP contribution in [-0.2, 0) is 22.7 Å². The number of nitrogens with zero attached hydrogens (tertiary/aromatic N) is 1. The van der Waals surface area contributed by atoms with Crippen LogP contribution in [0.4, 0.5) is 4.79 Å². The molecule has 2 amide bonds. The van der Waals surface area contributed by atoms with Crippen molar-refractivity contribution in [2.24, 2.45) is 0 Å². The number of methoxy groups -OCH3 is 1. The minimum Gasteiger partial charge on any atom is -0.487 e. The minimum absolute atomic E-state index is 0.000179. The fourth-order valence-electron chi connectivity index (χ4n) is 3.21. The molecule has 1 saturated heterocycles. The van der Waals surface area contributed by atoms with Crippen molar-refractivity contribution < 1.29 is 28.3 Å². The molecule has 1 aliphatic rings. The zero-order valence-electron chi connectivity index (χ0n) is 18.3. The summed E-state index contributed by atoms with van der Waals surface area (Å²) in [5, 5.41) is 0.652. The maximum atomic E-state index is 12.9. The van der Waals surface area contributed by atoms with E-state index in [9.17, 15) is 14.4 Å². The summed E-state index contributed by atoms with van der Waals surface area (Å²) in [5.74, 6) is -0.0937. The van der Waals surface area contributed by atoms with Gasteiger partial charge in [0, 0.05) is 15.6 Å². The van der Waals surface area contributed by atoms with E-state index in [-0.39, 0.29) is 23.8 Å². The number of rotatable bonds is 7. The summed E-state index contributed by atoms with van der Waals surface area (Å²) in [5.41, 5.74) is 1.55. The summed E-state index contributed by atoms with van der Waals surface area (Å²) in [4.78, 5) is 38.3. The molecule has 0 saturated carbocycles. The number of benzene rings is 2. The lowest BCUT2D eigenvalue weighted by molar-refractivity contribution is -0.123. The van der Waals surface area contributed by atoms with Crippen molar-refractivity contribution in [2.45, 2.75) is 13.2 Å². The fraction of sp³-hybridized carbons (Fsp3) is 0.125. The predicted octanol–water partition coefficient (Wildman–Crippen LogP) is 7.40. The fourth-order valence-corrected chi connectivity index (χ4v) is 6.64. The standard InChI is InChI=1S/C24H15Cl2I2NO6S/c1-33-23(31)19-5-4-15(35-19)10-29-22(30)20(36-24(29)32)8-12-6-17(27)21(18(28)7-12)34-11-13-2-3-14(25)9-16(13)26/h2-9H,10-11H2,1H3/b20-8+. The number of carbonyl (C=O) groups is 3. The molecule has 7 nitrogen and oxygen atoms in total. The molecule has 2 heterocycles. The second kappa shape index (κ2) is 11.8. The molecule has 36 heavy (non-hydrogen) atoms. The quantitative estimate of drug-likeness (QED) is 0.141. The van der Waals surface area contributed by atoms with E-state index in [1.165, 1.54) is 19.2 Å². The van der Waals surface area contributed by atoms with Crippen molar-refractivity contribution in [3.63, 3.8) is 0 Å². The molecule has 0 atom stereocenters. The van der Waals surface area contributed by atoms with Crippen LogP contribution in [0.3, 0.4) is 0 Å². The third-order valence-corrected chi connectivity index (χ3v) is 8.04. The normalized spacial score (nSPS) is 14.6. The van der Waals surface area contributed by atoms with Crippen LogP contribution in [0.5, 0.6) is 5.75 Å². The van der Waals surface area contributed by atoms with Crippen LogP contribution in [0.15, 0.2) is 51.8 Å². The molecule has 0 aliphatic carbocycles. The Labute approximate surface area is 247 Å². The molecular formula is C24H15Cl2I2NO6S. The topological polar surface area (TPSA) is 86.0 Å². The monoisotopic (exact) mass is 769 g/mol. The van der Waals surface area contributed by atoms with Crippen LogP contribution < -0.4 is 4.74 Å². The molecule has 0 bridgehead atoms. The maximum absolute atomic E-state index is 12.9. The highest BCUT2D eigenvalue weighted by Crippen LogP contribution is 2.36. The van der Waals surface area contributed by atoms with E-state index in [0.717, 1.165) is 34.9 Å². The second-order valence-electron chi connectivity index (χ2n) is 7.36. The third-order valence-electron chi connectivity index (χ3n) is 4.94. The number of hydrogen-bond acceptors (Lipinski definition) is 7. The van der Waals surface area contributed by atoms with Crippen LogP contribution in [0.2, 0.25) is 10.0 Å². The SMILES string of the molecule is COC(=O)c1ccc(CN2C(=O)S/C(=C/c3cc(I)c(OCc4ccc(Cl)cc4Cl)c(I)c3)C2=O)o1. The number of imide groups is 1. The van der Waals surface area contributed by atoms with Crippen molar-refractivity contribution in [2.75, 3.05) is 7.11 Å². The van der Waals surface area contributed by atoms with E-state index in [1.807, 2.05) is 18.2 Å². The van der Waals surface area contributed by atoms with Crippen LogP contribution in [0.25, 0.3) is 6.08 Å². The van der Waals surface area contributed by atoms with E-state index in [2.05, 4.69) is 49.9 Å². The molecule has 186 valence electrons. The molecule has 0 radical (unpaired) electrons. The molecule has 1 aromatic heterocycles. The Morgan fingerprint density at radius 3 is 2.50 bits per heavy atom. The first kappa shape index (κ1) is 27.3. The van der Waals surface area contributed by atoms with E-state index < -0.39 is 17.1 Å². The van der Waals surface area contributed by atoms with Crippen LogP contribution in [0, 0.1) is 7.14 Å². The lowest BCUT2D eigenvalue weighted by Crippen LogP contribution is -2.27. The summed E-state index contributed by atoms with van der Waals surface area (Å²) < 4.78 is 17.7. The van der Waals surface area contributed by atoms with Gasteiger partial charge in [-0.25, -0.2) is 4.79 Å². The Morgan fingerprint density at radius 1 is 1.11 bits per heavy atom. The Morgan fingerprint density at radius 2 is 1.83 bits per heavy atom. The molecule has 1 aliphatic heterocycles. The molecule has 0 unspecified atom stereocenters. The van der Waals surface area contributed by atoms with Gasteiger partial charge in [0.2, 0.25) is 5.76 Å². The highest BCUT2D eigenvalue weighted by atomic mass is 127. The summed E-state index contributed by atoms with van der Waals surface area (Å²) in [6.45, 7) is 0.179. The second-order valence-corrected chi connectivity index (χ2v) is 11.5. The number of hydrogen-bond donors (Lipinski definition) is 0. The number of carbonyl (C=O) groups excluding carboxylic acids is 3. The molecule has 12 heteroatoms. The molecule has 2 aromatic carbocycles. The van der Waals surface area contributed by atoms with Crippen molar-refractivity contribution in [3.8, 4) is 5.75 Å². The average molecular weight is 770 g/mol. The largest absolute Gasteiger partial charge is 0.487 e. The predicted molar refractivity (Wildman–Crippen MR) is 154 cm³/mol. The average Bonchev–Trinajstić information content (AvgIpc) is 3.39. The Bertz CT molecular complexity index is 1380. The van der Waals surface area contributed by atoms with E-state index >= 15 is 0 Å². The van der Waals surface area contributed by atoms with Crippen LogP contribution >= 0.6 is 80.1 Å². The van der Waals surface area contributed by atoms with Gasteiger partial charge in [-0.3, -0.25) is 14.5 Å². The van der Waals surface area contributed by atoms with Gasteiger partial charge in [0.25, 0.3) is 11.1 Å². The number of halogens is 4. The van der Waals surface area contributed by atoms with Gasteiger partial charge in [-0.2, -0.15) is 0 Å². The van der Waals surface area contributed by atoms with Gasteiger partial charge in [-0.05, 0) is 105 Å². The summed E-state index contributed by atoms with van der Waals surface area (Å²) in [7, 11) is 1.24. The zero-order chi connectivity index (χ0) is 26.0. The lowest BCUT2D eigenvalue weighted by Gasteiger charge is -2.13. The number of amides is 2. The number of furan rings is 1. The molecule has 0 N–H and O–H groups in total. The van der Waals surface area contributed by atoms with Gasteiger partial charge >= 0.3 is 5.97 Å². The molecule has 1 fully saturated rings. The Hall–Kier alpha value is -1.74. The van der Waals surface area contributed by atoms with Gasteiger partial charge in [0.1, 0.15) is 18.1 Å². The van der Waals surface area contributed by atoms with Gasteiger partial charge in [0.15, 0.2) is 0 Å². The lowest BCUT2D eigenvalue weighted by atomic mass is 10.2. The van der Waals surface area contributed by atoms with Gasteiger partial charge in [-0.15, -0.1) is 0 Å². The van der Waals surface area contributed by atoms with Crippen LogP contribution in [0.1, 0.15) is 27.4 Å². The van der Waals surface area contributed by atoms with Gasteiger partial charge in [0.05, 0.1) is 25.7 Å². The zero-order valence-corrected chi connectivity index (χ0v) is 25.0. The van der Waals surface area contributed by atoms with E-state index in [1.54, 1.807) is 18.2 Å². The molecular weight excluding hydrogens is 755 g/mol. The maximum Gasteiger partial charge on any atom is 0.373 e. The molecule has 4 rings (SSSR count). The first-order chi connectivity index (χ1) is 17.2. The van der Waals surface area contributed by atoms with E-state index in [0.29, 0.717) is 21.6 Å². The van der Waals surface area contributed by atoms with Crippen LogP contribution in [-0.4, -0.2) is 29.1 Å². The van der Waals surface area contributed by atoms with Gasteiger partial charge in [-0.1, -0.05) is 29.3 Å². The Balaban J connectivity index is 1.48. The summed E-state index contributed by atoms with van der Waals surface area (Å²) >= 11 is 17.4. The minimum atomic E-state index is -0.636. The highest BCUT2D eigenvalue weighted by Gasteiger charge is 2.36. The number of ether oxygens (including phenoxy) is 2. The summed E-state index contributed by atoms with van der Waals surface area (Å²) in [6, 6.07) is 11.9. The van der Waals surface area contributed by atoms with E-state index in [4.69, 9.17) is 32.4 Å². The van der Waals surface area contributed by atoms with Gasteiger partial charge < -0.3 is 13.9 Å². The first-order valence-corrected chi connectivity index (χ1v) is 13.9. The third kappa shape index (κ3) is 6.21. The first-order valence-electron chi connectivity index (χ1n) is 10.1. The Kier molecular flexibility index (Phi) is 8.92. The van der Waals surface area contributed by atoms with Crippen molar-refractivity contribution in [1.82, 2.24) is 4.90 Å². The number of thioether (sulfide) groups is 1. The molecule has 0 spiro atoms. The van der Waals surface area contributed by atoms with Crippen molar-refractivity contribution in [1.29, 1.82) is 0 Å². The summed E-state index contributed by atoms with van der Waals surface area (Å²) in [6.07, 6.45) is 1.66. The highest BCUT2D eigenvalue weighted by molar-refractivity contribution is 14.1.